The molecule has 0 aliphatic rings. The fourth-order valence-electron chi connectivity index (χ4n) is 0.320. The van der Waals surface area contributed by atoms with Crippen LogP contribution in [0, 0.1) is 12.3 Å². The van der Waals surface area contributed by atoms with Gasteiger partial charge >= 0.3 is 0 Å². The topological polar surface area (TPSA) is 0 Å². The summed E-state index contributed by atoms with van der Waals surface area (Å²) in [4.78, 5) is 1.29. The van der Waals surface area contributed by atoms with E-state index >= 15 is 0 Å². The minimum atomic E-state index is 1.16. The Morgan fingerprint density at radius 2 is 2.57 bits per heavy atom. The molecule has 0 aliphatic heterocycles. The first-order chi connectivity index (χ1) is 3.30. The highest BCUT2D eigenvalue weighted by Crippen LogP contribution is 2.19. The lowest BCUT2D eigenvalue weighted by Gasteiger charge is -1.77. The summed E-state index contributed by atoms with van der Waals surface area (Å²) < 4.78 is 1.16. The molecule has 1 aromatic heterocycles. The first-order valence-electron chi connectivity index (χ1n) is 1.92. The zero-order valence-electron chi connectivity index (χ0n) is 3.86. The standard InChI is InChI=1S/C5H4BrS/c1-4-5(6)2-3-7-4/h2H,1H3. The fourth-order valence-corrected chi connectivity index (χ4v) is 1.34. The lowest BCUT2D eigenvalue weighted by Crippen LogP contribution is -1.53. The highest BCUT2D eigenvalue weighted by Gasteiger charge is 1.89. The molecule has 0 aliphatic carbocycles. The number of halogens is 1. The van der Waals surface area contributed by atoms with E-state index in [-0.39, 0.29) is 0 Å². The van der Waals surface area contributed by atoms with Crippen LogP contribution >= 0.6 is 27.3 Å². The molecule has 1 aromatic rings. The Balaban J connectivity index is 3.12. The summed E-state index contributed by atoms with van der Waals surface area (Å²) in [6, 6.07) is 1.93. The average molecular weight is 176 g/mol. The molecule has 0 nitrogen and oxygen atoms in total. The summed E-state index contributed by atoms with van der Waals surface area (Å²) in [6.45, 7) is 2.06. The smallest absolute Gasteiger partial charge is 0.0457 e. The molecule has 0 amide bonds. The molecule has 0 atom stereocenters. The van der Waals surface area contributed by atoms with Crippen LogP contribution in [0.3, 0.4) is 0 Å². The highest BCUT2D eigenvalue weighted by atomic mass is 79.9. The molecule has 1 heterocycles. The van der Waals surface area contributed by atoms with Crippen molar-refractivity contribution in [3.63, 3.8) is 0 Å². The van der Waals surface area contributed by atoms with Gasteiger partial charge in [-0.3, -0.25) is 0 Å². The van der Waals surface area contributed by atoms with E-state index in [0.29, 0.717) is 0 Å². The van der Waals surface area contributed by atoms with Gasteiger partial charge in [0.1, 0.15) is 0 Å². The van der Waals surface area contributed by atoms with E-state index < -0.39 is 0 Å². The molecule has 0 saturated heterocycles. The molecule has 0 saturated carbocycles. The van der Waals surface area contributed by atoms with Gasteiger partial charge in [0.05, 0.1) is 0 Å². The van der Waals surface area contributed by atoms with E-state index in [2.05, 4.69) is 28.2 Å². The normalized spacial score (nSPS) is 9.43. The van der Waals surface area contributed by atoms with Crippen molar-refractivity contribution in [3.05, 3.63) is 20.8 Å². The second kappa shape index (κ2) is 1.97. The average Bonchev–Trinajstić information content (AvgIpc) is 1.91. The monoisotopic (exact) mass is 175 g/mol. The van der Waals surface area contributed by atoms with Crippen LogP contribution in [-0.2, 0) is 0 Å². The van der Waals surface area contributed by atoms with Crippen LogP contribution in [0.25, 0.3) is 0 Å². The lowest BCUT2D eigenvalue weighted by atomic mass is 10.5. The van der Waals surface area contributed by atoms with Crippen molar-refractivity contribution in [3.8, 4) is 0 Å². The molecule has 0 fully saturated rings. The Hall–Kier alpha value is 0.180. The van der Waals surface area contributed by atoms with Gasteiger partial charge in [-0.2, -0.15) is 0 Å². The highest BCUT2D eigenvalue weighted by molar-refractivity contribution is 9.10. The second-order valence-electron chi connectivity index (χ2n) is 1.27. The summed E-state index contributed by atoms with van der Waals surface area (Å²) in [6.07, 6.45) is 0. The Kier molecular flexibility index (Phi) is 1.50. The molecule has 0 aromatic carbocycles. The Morgan fingerprint density at radius 1 is 1.86 bits per heavy atom. The van der Waals surface area contributed by atoms with Gasteiger partial charge in [0.2, 0.25) is 0 Å². The maximum Gasteiger partial charge on any atom is 0.0457 e. The maximum atomic E-state index is 3.34. The third kappa shape index (κ3) is 1.04. The third-order valence-electron chi connectivity index (χ3n) is 0.734. The quantitative estimate of drug-likeness (QED) is 0.569. The molecular weight excluding hydrogens is 172 g/mol. The van der Waals surface area contributed by atoms with Gasteiger partial charge in [-0.25, -0.2) is 0 Å². The number of hydrogen-bond donors (Lipinski definition) is 0. The molecule has 0 spiro atoms. The van der Waals surface area contributed by atoms with Crippen molar-refractivity contribution in [2.45, 2.75) is 6.92 Å². The van der Waals surface area contributed by atoms with Gasteiger partial charge in [-0.05, 0) is 28.9 Å². The number of rotatable bonds is 0. The van der Waals surface area contributed by atoms with Crippen molar-refractivity contribution >= 4 is 27.3 Å². The van der Waals surface area contributed by atoms with Gasteiger partial charge in [-0.15, -0.1) is 11.3 Å². The Labute approximate surface area is 55.3 Å². The number of hydrogen-bond acceptors (Lipinski definition) is 1. The largest absolute Gasteiger partial charge is 0.139 e. The van der Waals surface area contributed by atoms with Gasteiger partial charge in [0.25, 0.3) is 0 Å². The minimum Gasteiger partial charge on any atom is -0.139 e. The molecule has 0 bridgehead atoms. The first kappa shape index (κ1) is 5.32. The van der Waals surface area contributed by atoms with E-state index in [4.69, 9.17) is 0 Å². The summed E-state index contributed by atoms with van der Waals surface area (Å²) >= 11 is 4.98. The van der Waals surface area contributed by atoms with Crippen LogP contribution in [0.1, 0.15) is 4.88 Å². The summed E-state index contributed by atoms with van der Waals surface area (Å²) in [5.41, 5.74) is 0. The minimum absolute atomic E-state index is 1.16. The predicted molar refractivity (Wildman–Crippen MR) is 35.6 cm³/mol. The third-order valence-corrected chi connectivity index (χ3v) is 2.58. The van der Waals surface area contributed by atoms with Gasteiger partial charge in [0.15, 0.2) is 0 Å². The lowest BCUT2D eigenvalue weighted by molar-refractivity contribution is 1.59. The van der Waals surface area contributed by atoms with Gasteiger partial charge < -0.3 is 0 Å². The van der Waals surface area contributed by atoms with Crippen molar-refractivity contribution in [1.29, 1.82) is 0 Å². The van der Waals surface area contributed by atoms with Crippen molar-refractivity contribution < 1.29 is 0 Å². The zero-order chi connectivity index (χ0) is 5.28. The fraction of sp³-hybridized carbons (Fsp3) is 0.200. The van der Waals surface area contributed by atoms with Crippen molar-refractivity contribution in [1.82, 2.24) is 0 Å². The molecule has 37 valence electrons. The van der Waals surface area contributed by atoms with Crippen LogP contribution < -0.4 is 0 Å². The van der Waals surface area contributed by atoms with E-state index in [1.807, 2.05) is 6.07 Å². The summed E-state index contributed by atoms with van der Waals surface area (Å²) in [5.74, 6) is 0. The van der Waals surface area contributed by atoms with Crippen LogP contribution in [0.5, 0.6) is 0 Å². The maximum absolute atomic E-state index is 3.34. The number of aryl methyl sites for hydroxylation is 1. The molecule has 1 radical (unpaired) electrons. The van der Waals surface area contributed by atoms with E-state index in [0.717, 1.165) is 4.47 Å². The Morgan fingerprint density at radius 3 is 2.71 bits per heavy atom. The van der Waals surface area contributed by atoms with E-state index in [1.54, 1.807) is 11.3 Å². The van der Waals surface area contributed by atoms with Crippen LogP contribution in [0.4, 0.5) is 0 Å². The van der Waals surface area contributed by atoms with E-state index in [1.165, 1.54) is 4.88 Å². The van der Waals surface area contributed by atoms with Crippen LogP contribution in [0.15, 0.2) is 10.5 Å². The van der Waals surface area contributed by atoms with Crippen molar-refractivity contribution in [2.24, 2.45) is 0 Å². The van der Waals surface area contributed by atoms with E-state index in [9.17, 15) is 0 Å². The molecule has 0 N–H and O–H groups in total. The molecule has 7 heavy (non-hydrogen) atoms. The number of thiophene rings is 1. The molecule has 1 rings (SSSR count). The van der Waals surface area contributed by atoms with Gasteiger partial charge in [0, 0.05) is 14.7 Å². The SMILES string of the molecule is Cc1s[c]cc1Br. The van der Waals surface area contributed by atoms with Crippen LogP contribution in [0.2, 0.25) is 0 Å². The second-order valence-corrected chi connectivity index (χ2v) is 3.17. The Bertz CT molecular complexity index is 140. The summed E-state index contributed by atoms with van der Waals surface area (Å²) in [5, 5.41) is 2.99. The zero-order valence-corrected chi connectivity index (χ0v) is 6.27. The van der Waals surface area contributed by atoms with Crippen LogP contribution in [-0.4, -0.2) is 0 Å². The summed E-state index contributed by atoms with van der Waals surface area (Å²) in [7, 11) is 0. The molecular formula is C5H4BrS. The van der Waals surface area contributed by atoms with Gasteiger partial charge in [-0.1, -0.05) is 0 Å². The predicted octanol–water partition coefficient (Wildman–Crippen LogP) is 2.62. The molecule has 2 heteroatoms. The first-order valence-corrected chi connectivity index (χ1v) is 3.53. The molecule has 0 unspecified atom stereocenters. The van der Waals surface area contributed by atoms with Crippen molar-refractivity contribution in [2.75, 3.05) is 0 Å².